The van der Waals surface area contributed by atoms with Crippen LogP contribution in [0.15, 0.2) is 249 Å². The Balaban J connectivity index is 0.000000167. The van der Waals surface area contributed by atoms with Gasteiger partial charge in [0.25, 0.3) is 0 Å². The van der Waals surface area contributed by atoms with E-state index in [9.17, 15) is 0 Å². The molecule has 0 N–H and O–H groups in total. The SMILES string of the molecule is COc1ccc([PH+](c2ccccc2)c2ccccc2)c([PH+](c2ccccc2)c2ccccc2)c1.[Ag+].[Ag+].[C-]#Cc1cccc2cc3ccccc3cc12.[C-]#Cc1cccc2cc3ccccc3cc12. The summed E-state index contributed by atoms with van der Waals surface area (Å²) >= 11 is 0. The Morgan fingerprint density at radius 3 is 1.00 bits per heavy atom. The second-order valence-electron chi connectivity index (χ2n) is 15.8. The van der Waals surface area contributed by atoms with Gasteiger partial charge in [0, 0.05) is 6.07 Å². The van der Waals surface area contributed by atoms with Crippen molar-refractivity contribution in [3.63, 3.8) is 0 Å². The van der Waals surface area contributed by atoms with Crippen molar-refractivity contribution >= 4 is 90.8 Å². The van der Waals surface area contributed by atoms with Gasteiger partial charge in [-0.05, 0) is 105 Å². The molecule has 0 radical (unpaired) electrons. The zero-order chi connectivity index (χ0) is 45.1. The van der Waals surface area contributed by atoms with E-state index in [-0.39, 0.29) is 44.8 Å². The van der Waals surface area contributed by atoms with Gasteiger partial charge in [0.05, 0.1) is 7.11 Å². The number of benzene rings is 11. The van der Waals surface area contributed by atoms with Crippen LogP contribution in [0.25, 0.3) is 43.1 Å². The van der Waals surface area contributed by atoms with Crippen molar-refractivity contribution in [1.82, 2.24) is 0 Å². The van der Waals surface area contributed by atoms with E-state index in [4.69, 9.17) is 17.6 Å². The summed E-state index contributed by atoms with van der Waals surface area (Å²) in [5, 5.41) is 17.8. The van der Waals surface area contributed by atoms with Crippen LogP contribution in [0.2, 0.25) is 0 Å². The van der Waals surface area contributed by atoms with Crippen molar-refractivity contribution in [2.24, 2.45) is 0 Å². The van der Waals surface area contributed by atoms with Crippen LogP contribution in [-0.4, -0.2) is 7.11 Å². The topological polar surface area (TPSA) is 9.23 Å². The maximum atomic E-state index is 7.28. The first kappa shape index (κ1) is 49.6. The molecule has 0 aliphatic rings. The zero-order valence-corrected chi connectivity index (χ0v) is 42.1. The van der Waals surface area contributed by atoms with Gasteiger partial charge in [0.2, 0.25) is 0 Å². The fourth-order valence-corrected chi connectivity index (χ4v) is 14.6. The summed E-state index contributed by atoms with van der Waals surface area (Å²) < 4.78 is 5.75. The predicted molar refractivity (Wildman–Crippen MR) is 289 cm³/mol. The second kappa shape index (κ2) is 24.1. The van der Waals surface area contributed by atoms with Crippen LogP contribution in [-0.2, 0) is 44.8 Å². The smallest absolute Gasteiger partial charge is 0.497 e. The molecule has 0 saturated carbocycles. The fourth-order valence-electron chi connectivity index (χ4n) is 8.60. The van der Waals surface area contributed by atoms with Crippen molar-refractivity contribution in [3.8, 4) is 17.6 Å². The van der Waals surface area contributed by atoms with Crippen LogP contribution in [0.3, 0.4) is 0 Å². The van der Waals surface area contributed by atoms with E-state index in [0.717, 1.165) is 38.4 Å². The molecule has 5 heteroatoms. The van der Waals surface area contributed by atoms with E-state index in [2.05, 4.69) is 212 Å². The average Bonchev–Trinajstić information content (AvgIpc) is 3.39. The first-order chi connectivity index (χ1) is 32.6. The van der Waals surface area contributed by atoms with Crippen molar-refractivity contribution in [3.05, 3.63) is 273 Å². The van der Waals surface area contributed by atoms with Gasteiger partial charge in [-0.2, -0.15) is 0 Å². The number of rotatable bonds is 7. The molecule has 0 aliphatic heterocycles. The van der Waals surface area contributed by atoms with Gasteiger partial charge >= 0.3 is 44.8 Å². The Morgan fingerprint density at radius 2 is 0.647 bits per heavy atom. The molecule has 0 heterocycles. The summed E-state index contributed by atoms with van der Waals surface area (Å²) in [6.07, 6.45) is 14.6. The summed E-state index contributed by atoms with van der Waals surface area (Å²) in [7, 11) is -0.712. The molecule has 11 aromatic carbocycles. The minimum Gasteiger partial charge on any atom is -0.497 e. The Morgan fingerprint density at radius 1 is 0.324 bits per heavy atom. The van der Waals surface area contributed by atoms with Crippen molar-refractivity contribution in [1.29, 1.82) is 0 Å². The van der Waals surface area contributed by atoms with E-state index in [1.54, 1.807) is 7.11 Å². The molecule has 11 rings (SSSR count). The first-order valence-corrected chi connectivity index (χ1v) is 24.9. The largest absolute Gasteiger partial charge is 1.00 e. The van der Waals surface area contributed by atoms with Gasteiger partial charge in [0.15, 0.2) is 0 Å². The molecule has 334 valence electrons. The van der Waals surface area contributed by atoms with Gasteiger partial charge in [-0.15, -0.1) is 23.3 Å². The van der Waals surface area contributed by atoms with Crippen LogP contribution in [0.5, 0.6) is 5.75 Å². The maximum Gasteiger partial charge on any atom is 1.00 e. The Labute approximate surface area is 434 Å². The molecular weight excluding hydrogens is 1050 g/mol. The standard InChI is InChI=1S/C31H26OP2.2C16H9.2Ag/c1-32-25-22-23-30(33(26-14-6-2-7-15-26)27-16-8-3-9-17-27)31(24-25)34(28-18-10-4-11-19-28)29-20-12-5-13-21-29;2*1-2-12-8-5-9-15-10-13-6-3-4-7-14(13)11-16(12)15;;/h2-24H,1H3;2*3-11H;;/q;2*-1;2*+1/p+2. The third kappa shape index (κ3) is 11.3. The Kier molecular flexibility index (Phi) is 17.6. The van der Waals surface area contributed by atoms with Gasteiger partial charge < -0.3 is 17.6 Å². The molecule has 0 aliphatic carbocycles. The zero-order valence-electron chi connectivity index (χ0n) is 37.2. The van der Waals surface area contributed by atoms with Gasteiger partial charge in [-0.25, -0.2) is 0 Å². The van der Waals surface area contributed by atoms with Crippen molar-refractivity contribution < 1.29 is 49.5 Å². The monoisotopic (exact) mass is 1090 g/mol. The van der Waals surface area contributed by atoms with E-state index >= 15 is 0 Å². The summed E-state index contributed by atoms with van der Waals surface area (Å²) in [5.74, 6) is 5.88. The number of methoxy groups -OCH3 is 1. The molecule has 0 bridgehead atoms. The van der Waals surface area contributed by atoms with E-state index < -0.39 is 15.8 Å². The molecule has 1 nitrogen and oxygen atoms in total. The molecule has 11 aromatic rings. The molecule has 0 unspecified atom stereocenters. The van der Waals surface area contributed by atoms with E-state index in [0.29, 0.717) is 0 Å². The maximum absolute atomic E-state index is 7.28. The molecule has 0 atom stereocenters. The molecule has 0 aromatic heterocycles. The molecule has 0 amide bonds. The third-order valence-electron chi connectivity index (χ3n) is 11.8. The number of hydrogen-bond acceptors (Lipinski definition) is 1. The molecule has 0 fully saturated rings. The predicted octanol–water partition coefficient (Wildman–Crippen LogP) is 12.5. The van der Waals surface area contributed by atoms with Crippen LogP contribution in [0.4, 0.5) is 0 Å². The quantitative estimate of drug-likeness (QED) is 0.0508. The minimum atomic E-state index is -1.25. The van der Waals surface area contributed by atoms with Crippen LogP contribution >= 0.6 is 15.8 Å². The number of ether oxygens (including phenoxy) is 1. The third-order valence-corrected chi connectivity index (χ3v) is 17.6. The van der Waals surface area contributed by atoms with Gasteiger partial charge in [-0.3, -0.25) is 11.8 Å². The second-order valence-corrected chi connectivity index (χ2v) is 20.7. The molecular formula is C63H46Ag2OP2+2. The van der Waals surface area contributed by atoms with Gasteiger partial charge in [-0.1, -0.05) is 168 Å². The number of fused-ring (bicyclic) bond motifs is 4. The summed E-state index contributed by atoms with van der Waals surface area (Å²) in [6, 6.07) is 87.7. The van der Waals surface area contributed by atoms with E-state index in [1.807, 2.05) is 48.5 Å². The minimum absolute atomic E-state index is 0. The number of hydrogen-bond donors (Lipinski definition) is 0. The van der Waals surface area contributed by atoms with Crippen molar-refractivity contribution in [2.45, 2.75) is 0 Å². The summed E-state index contributed by atoms with van der Waals surface area (Å²) in [5.41, 5.74) is 1.70. The van der Waals surface area contributed by atoms with Crippen molar-refractivity contribution in [2.75, 3.05) is 7.11 Å². The molecule has 0 spiro atoms. The molecule has 0 saturated heterocycles. The fraction of sp³-hybridized carbons (Fsp3) is 0.0159. The average molecular weight is 1100 g/mol. The van der Waals surface area contributed by atoms with Crippen LogP contribution in [0, 0.1) is 24.7 Å². The normalized spacial score (nSPS) is 10.4. The van der Waals surface area contributed by atoms with Gasteiger partial charge in [0.1, 0.15) is 53.4 Å². The summed E-state index contributed by atoms with van der Waals surface area (Å²) in [4.78, 5) is 0. The molecule has 68 heavy (non-hydrogen) atoms. The van der Waals surface area contributed by atoms with Crippen LogP contribution in [0.1, 0.15) is 11.1 Å². The first-order valence-electron chi connectivity index (χ1n) is 21.9. The van der Waals surface area contributed by atoms with E-state index in [1.165, 1.54) is 53.4 Å². The Bertz CT molecular complexity index is 3290. The summed E-state index contributed by atoms with van der Waals surface area (Å²) in [6.45, 7) is 0. The Hall–Kier alpha value is -6.28. The van der Waals surface area contributed by atoms with Crippen LogP contribution < -0.4 is 36.6 Å².